The van der Waals surface area contributed by atoms with Crippen LogP contribution in [0.4, 0.5) is 5.69 Å². The molecule has 1 aliphatic heterocycles. The summed E-state index contributed by atoms with van der Waals surface area (Å²) in [5.74, 6) is 1.64. The van der Waals surface area contributed by atoms with Crippen molar-refractivity contribution in [3.8, 4) is 11.5 Å². The first-order valence-corrected chi connectivity index (χ1v) is 10.9. The molecule has 2 aromatic rings. The number of rotatable bonds is 7. The maximum absolute atomic E-state index is 12.3. The highest BCUT2D eigenvalue weighted by Gasteiger charge is 2.18. The van der Waals surface area contributed by atoms with Crippen molar-refractivity contribution in [1.82, 2.24) is 5.01 Å². The summed E-state index contributed by atoms with van der Waals surface area (Å²) >= 11 is 13.3. The summed E-state index contributed by atoms with van der Waals surface area (Å²) in [6.07, 6.45) is 1.73. The molecule has 0 aromatic heterocycles. The summed E-state index contributed by atoms with van der Waals surface area (Å²) in [6, 6.07) is 12.2. The van der Waals surface area contributed by atoms with Gasteiger partial charge in [0, 0.05) is 0 Å². The van der Waals surface area contributed by atoms with E-state index in [-0.39, 0.29) is 11.7 Å². The molecule has 10 heteroatoms. The first-order chi connectivity index (χ1) is 15.0. The van der Waals surface area contributed by atoms with Crippen LogP contribution in [0.15, 0.2) is 65.2 Å². The van der Waals surface area contributed by atoms with E-state index >= 15 is 0 Å². The monoisotopic (exact) mass is 478 g/mol. The molecule has 1 N–H and O–H groups in total. The first-order valence-electron chi connectivity index (χ1n) is 9.19. The Hall–Kier alpha value is -2.68. The third-order valence-corrected chi connectivity index (χ3v) is 5.61. The molecule has 2 aromatic carbocycles. The van der Waals surface area contributed by atoms with Gasteiger partial charge in [-0.3, -0.25) is 9.80 Å². The Morgan fingerprint density at radius 1 is 1.26 bits per heavy atom. The molecule has 31 heavy (non-hydrogen) atoms. The molecule has 1 heterocycles. The lowest BCUT2D eigenvalue weighted by atomic mass is 10.3. The van der Waals surface area contributed by atoms with Crippen molar-refractivity contribution in [2.75, 3.05) is 31.3 Å². The van der Waals surface area contributed by atoms with E-state index in [0.717, 1.165) is 5.75 Å². The van der Waals surface area contributed by atoms with Crippen LogP contribution in [0.3, 0.4) is 0 Å². The Bertz CT molecular complexity index is 1010. The molecule has 1 aliphatic rings. The number of nitrogens with one attached hydrogen (secondary N) is 1. The van der Waals surface area contributed by atoms with Crippen LogP contribution in [0.2, 0.25) is 10.0 Å². The first kappa shape index (κ1) is 23.0. The largest absolute Gasteiger partial charge is 0.497 e. The van der Waals surface area contributed by atoms with Gasteiger partial charge < -0.3 is 14.8 Å². The molecule has 0 fully saturated rings. The average molecular weight is 479 g/mol. The summed E-state index contributed by atoms with van der Waals surface area (Å²) in [5.41, 5.74) is 0.450. The van der Waals surface area contributed by atoms with Crippen LogP contribution in [-0.4, -0.2) is 47.9 Å². The number of carbonyl (C=O) groups is 1. The predicted molar refractivity (Wildman–Crippen MR) is 128 cm³/mol. The SMILES string of the molecule is C=CCN1CC(Oc2ccc(OC)cc2)=NC(SCC(=O)Nc2cccc(Cl)c2Cl)=N1. The molecule has 0 unspecified atom stereocenters. The third-order valence-electron chi connectivity index (χ3n) is 3.96. The minimum absolute atomic E-state index is 0.0862. The number of aliphatic imine (C=N–C) groups is 1. The van der Waals surface area contributed by atoms with Crippen molar-refractivity contribution >= 4 is 57.6 Å². The van der Waals surface area contributed by atoms with Gasteiger partial charge in [0.25, 0.3) is 0 Å². The number of hydrogen-bond donors (Lipinski definition) is 1. The summed E-state index contributed by atoms with van der Waals surface area (Å²) < 4.78 is 11.0. The summed E-state index contributed by atoms with van der Waals surface area (Å²) in [5, 5.41) is 9.99. The van der Waals surface area contributed by atoms with E-state index in [1.807, 2.05) is 0 Å². The molecular formula is C21H20Cl2N4O3S. The number of nitrogens with zero attached hydrogens (tertiary/aromatic N) is 3. The summed E-state index contributed by atoms with van der Waals surface area (Å²) in [6.45, 7) is 4.64. The van der Waals surface area contributed by atoms with E-state index in [4.69, 9.17) is 32.7 Å². The third kappa shape index (κ3) is 6.65. The van der Waals surface area contributed by atoms with Gasteiger partial charge in [0.05, 0.1) is 35.1 Å². The lowest BCUT2D eigenvalue weighted by molar-refractivity contribution is -0.113. The minimum Gasteiger partial charge on any atom is -0.497 e. The van der Waals surface area contributed by atoms with Gasteiger partial charge in [-0.2, -0.15) is 4.99 Å². The van der Waals surface area contributed by atoms with E-state index in [1.54, 1.807) is 60.7 Å². The molecule has 162 valence electrons. The van der Waals surface area contributed by atoms with Crippen molar-refractivity contribution in [1.29, 1.82) is 0 Å². The Labute approximate surface area is 194 Å². The number of halogens is 2. The number of amides is 1. The van der Waals surface area contributed by atoms with Crippen LogP contribution in [0.1, 0.15) is 0 Å². The van der Waals surface area contributed by atoms with Crippen LogP contribution >= 0.6 is 35.0 Å². The molecule has 0 aliphatic carbocycles. The van der Waals surface area contributed by atoms with E-state index in [9.17, 15) is 4.79 Å². The highest BCUT2D eigenvalue weighted by Crippen LogP contribution is 2.29. The van der Waals surface area contributed by atoms with Gasteiger partial charge in [0.15, 0.2) is 0 Å². The van der Waals surface area contributed by atoms with Gasteiger partial charge in [-0.15, -0.1) is 11.7 Å². The lowest BCUT2D eigenvalue weighted by Crippen LogP contribution is -2.33. The van der Waals surface area contributed by atoms with E-state index in [1.165, 1.54) is 11.8 Å². The Morgan fingerprint density at radius 3 is 2.71 bits per heavy atom. The number of carbonyl (C=O) groups excluding carboxylic acids is 1. The van der Waals surface area contributed by atoms with Crippen molar-refractivity contribution in [3.05, 3.63) is 65.2 Å². The van der Waals surface area contributed by atoms with Crippen molar-refractivity contribution in [2.24, 2.45) is 10.1 Å². The quantitative estimate of drug-likeness (QED) is 0.571. The number of methoxy groups -OCH3 is 1. The topological polar surface area (TPSA) is 75.5 Å². The lowest BCUT2D eigenvalue weighted by Gasteiger charge is -2.23. The predicted octanol–water partition coefficient (Wildman–Crippen LogP) is 4.92. The van der Waals surface area contributed by atoms with E-state index in [2.05, 4.69) is 22.0 Å². The van der Waals surface area contributed by atoms with Gasteiger partial charge in [-0.25, -0.2) is 0 Å². The van der Waals surface area contributed by atoms with Crippen molar-refractivity contribution in [2.45, 2.75) is 0 Å². The molecule has 0 radical (unpaired) electrons. The van der Waals surface area contributed by atoms with Crippen LogP contribution < -0.4 is 14.8 Å². The molecule has 0 spiro atoms. The number of hydrogen-bond acceptors (Lipinski definition) is 7. The second-order valence-corrected chi connectivity index (χ2v) is 7.97. The maximum atomic E-state index is 12.3. The zero-order valence-corrected chi connectivity index (χ0v) is 19.0. The fourth-order valence-electron chi connectivity index (χ4n) is 2.54. The average Bonchev–Trinajstić information content (AvgIpc) is 2.76. The number of amidine groups is 1. The van der Waals surface area contributed by atoms with Gasteiger partial charge in [-0.1, -0.05) is 47.1 Å². The Balaban J connectivity index is 1.64. The smallest absolute Gasteiger partial charge is 0.234 e. The Kier molecular flexibility index (Phi) is 8.22. The standard InChI is InChI=1S/C21H20Cl2N4O3S/c1-3-11-27-12-19(30-15-9-7-14(29-2)8-10-15)25-21(26-27)31-13-18(28)24-17-6-4-5-16(22)20(17)23/h3-10H,1,11-13H2,2H3,(H,24,28). The number of hydrazone groups is 1. The van der Waals surface area contributed by atoms with E-state index in [0.29, 0.717) is 45.6 Å². The van der Waals surface area contributed by atoms with Gasteiger partial charge in [0.1, 0.15) is 18.0 Å². The fourth-order valence-corrected chi connectivity index (χ4v) is 3.56. The molecule has 3 rings (SSSR count). The molecule has 7 nitrogen and oxygen atoms in total. The normalized spacial score (nSPS) is 13.2. The molecule has 0 bridgehead atoms. The van der Waals surface area contributed by atoms with Crippen LogP contribution in [0.25, 0.3) is 0 Å². The number of ether oxygens (including phenoxy) is 2. The molecule has 1 amide bonds. The highest BCUT2D eigenvalue weighted by molar-refractivity contribution is 8.14. The number of thioether (sulfide) groups is 1. The van der Waals surface area contributed by atoms with Crippen molar-refractivity contribution in [3.63, 3.8) is 0 Å². The highest BCUT2D eigenvalue weighted by atomic mass is 35.5. The molecule has 0 saturated carbocycles. The van der Waals surface area contributed by atoms with Gasteiger partial charge >= 0.3 is 0 Å². The fraction of sp³-hybridized carbons (Fsp3) is 0.190. The second-order valence-electron chi connectivity index (χ2n) is 6.24. The maximum Gasteiger partial charge on any atom is 0.234 e. The zero-order valence-electron chi connectivity index (χ0n) is 16.7. The molecular weight excluding hydrogens is 459 g/mol. The number of anilines is 1. The summed E-state index contributed by atoms with van der Waals surface area (Å²) in [4.78, 5) is 16.8. The van der Waals surface area contributed by atoms with Gasteiger partial charge in [-0.05, 0) is 36.4 Å². The summed E-state index contributed by atoms with van der Waals surface area (Å²) in [7, 11) is 1.60. The molecule has 0 atom stereocenters. The second kappa shape index (κ2) is 11.1. The minimum atomic E-state index is -0.259. The Morgan fingerprint density at radius 2 is 2.00 bits per heavy atom. The number of benzene rings is 2. The van der Waals surface area contributed by atoms with Crippen molar-refractivity contribution < 1.29 is 14.3 Å². The van der Waals surface area contributed by atoms with Gasteiger partial charge in [0.2, 0.25) is 17.0 Å². The van der Waals surface area contributed by atoms with Crippen LogP contribution in [0, 0.1) is 0 Å². The van der Waals surface area contributed by atoms with E-state index < -0.39 is 0 Å². The van der Waals surface area contributed by atoms with Crippen LogP contribution in [-0.2, 0) is 4.79 Å². The molecule has 0 saturated heterocycles. The zero-order chi connectivity index (χ0) is 22.2. The van der Waals surface area contributed by atoms with Crippen LogP contribution in [0.5, 0.6) is 11.5 Å².